The molecular formula is C10H15BrN2O6. The van der Waals surface area contributed by atoms with Crippen LogP contribution in [0.5, 0.6) is 0 Å². The molecule has 9 heteroatoms. The maximum absolute atomic E-state index is 10.7. The van der Waals surface area contributed by atoms with Gasteiger partial charge in [-0.1, -0.05) is 27.7 Å². The van der Waals surface area contributed by atoms with Crippen molar-refractivity contribution in [2.45, 2.75) is 13.8 Å². The van der Waals surface area contributed by atoms with Gasteiger partial charge >= 0.3 is 11.9 Å². The number of hydrogen-bond acceptors (Lipinski definition) is 8. The average molecular weight is 339 g/mol. The van der Waals surface area contributed by atoms with Crippen molar-refractivity contribution in [3.05, 3.63) is 17.2 Å². The predicted molar refractivity (Wildman–Crippen MR) is 71.2 cm³/mol. The van der Waals surface area contributed by atoms with Crippen LogP contribution >= 0.6 is 15.9 Å². The molecule has 108 valence electrons. The van der Waals surface area contributed by atoms with Gasteiger partial charge in [0.15, 0.2) is 11.4 Å². The minimum Gasteiger partial charge on any atom is -0.461 e. The fraction of sp³-hybridized carbons (Fsp3) is 0.500. The molecular weight excluding hydrogens is 324 g/mol. The summed E-state index contributed by atoms with van der Waals surface area (Å²) < 4.78 is 8.89. The van der Waals surface area contributed by atoms with Gasteiger partial charge in [-0.15, -0.1) is 4.91 Å². The van der Waals surface area contributed by atoms with Crippen LogP contribution in [0.25, 0.3) is 0 Å². The third-order valence-electron chi connectivity index (χ3n) is 1.38. The lowest BCUT2D eigenvalue weighted by molar-refractivity contribution is -0.138. The zero-order chi connectivity index (χ0) is 15.3. The van der Waals surface area contributed by atoms with Gasteiger partial charge in [-0.05, 0) is 19.0 Å². The number of ether oxygens (including phenoxy) is 2. The van der Waals surface area contributed by atoms with Gasteiger partial charge in [0.25, 0.3) is 0 Å². The summed E-state index contributed by atoms with van der Waals surface area (Å²) in [5.41, 5.74) is -0.418. The summed E-state index contributed by atoms with van der Waals surface area (Å²) in [5, 5.41) is 13.4. The van der Waals surface area contributed by atoms with Crippen LogP contribution in [0.2, 0.25) is 0 Å². The molecule has 0 fully saturated rings. The van der Waals surface area contributed by atoms with Crippen LogP contribution in [0, 0.1) is 4.91 Å². The first kappa shape index (κ1) is 19.6. The van der Waals surface area contributed by atoms with Crippen LogP contribution in [-0.2, 0) is 19.1 Å². The highest BCUT2D eigenvalue weighted by Gasteiger charge is 2.10. The van der Waals surface area contributed by atoms with Crippen LogP contribution in [0.15, 0.2) is 22.6 Å². The minimum absolute atomic E-state index is 0.0261. The third kappa shape index (κ3) is 9.89. The van der Waals surface area contributed by atoms with Crippen molar-refractivity contribution in [2.75, 3.05) is 18.5 Å². The van der Waals surface area contributed by atoms with E-state index in [0.717, 1.165) is 0 Å². The van der Waals surface area contributed by atoms with Gasteiger partial charge in [-0.3, -0.25) is 0 Å². The highest BCUT2D eigenvalue weighted by molar-refractivity contribution is 9.09. The Bertz CT molecular complexity index is 356. The first-order valence-electron chi connectivity index (χ1n) is 5.11. The van der Waals surface area contributed by atoms with Crippen LogP contribution in [0.1, 0.15) is 13.8 Å². The molecule has 0 amide bonds. The van der Waals surface area contributed by atoms with Gasteiger partial charge in [0.2, 0.25) is 0 Å². The largest absolute Gasteiger partial charge is 0.461 e. The smallest absolute Gasteiger partial charge is 0.359 e. The van der Waals surface area contributed by atoms with Gasteiger partial charge < -0.3 is 14.7 Å². The van der Waals surface area contributed by atoms with Crippen LogP contribution < -0.4 is 0 Å². The Morgan fingerprint density at radius 3 is 2.00 bits per heavy atom. The van der Waals surface area contributed by atoms with E-state index in [1.54, 1.807) is 13.8 Å². The van der Waals surface area contributed by atoms with Crippen molar-refractivity contribution in [3.8, 4) is 0 Å². The Morgan fingerprint density at radius 1 is 1.21 bits per heavy atom. The van der Waals surface area contributed by atoms with E-state index in [9.17, 15) is 14.5 Å². The highest BCUT2D eigenvalue weighted by Crippen LogP contribution is 1.93. The summed E-state index contributed by atoms with van der Waals surface area (Å²) in [4.78, 5) is 30.6. The molecule has 0 radical (unpaired) electrons. The predicted octanol–water partition coefficient (Wildman–Crippen LogP) is 1.60. The molecule has 0 rings (SSSR count). The van der Waals surface area contributed by atoms with Crippen molar-refractivity contribution in [3.63, 3.8) is 0 Å². The monoisotopic (exact) mass is 338 g/mol. The van der Waals surface area contributed by atoms with Crippen molar-refractivity contribution in [1.29, 1.82) is 0 Å². The molecule has 0 spiro atoms. The van der Waals surface area contributed by atoms with Gasteiger partial charge in [0, 0.05) is 0 Å². The number of carbonyl (C=O) groups is 2. The second-order valence-electron chi connectivity index (χ2n) is 2.66. The average Bonchev–Trinajstić information content (AvgIpc) is 2.40. The fourth-order valence-corrected chi connectivity index (χ4v) is 0.929. The molecule has 0 bridgehead atoms. The summed E-state index contributed by atoms with van der Waals surface area (Å²) >= 11 is 2.95. The molecule has 0 aliphatic rings. The van der Waals surface area contributed by atoms with E-state index in [4.69, 9.17) is 5.21 Å². The number of nitrogens with zero attached hydrogens (tertiary/aromatic N) is 2. The first-order valence-corrected chi connectivity index (χ1v) is 6.23. The Hall–Kier alpha value is -1.77. The molecule has 8 nitrogen and oxygen atoms in total. The number of halogens is 1. The Kier molecular flexibility index (Phi) is 13.1. The van der Waals surface area contributed by atoms with Crippen molar-refractivity contribution < 1.29 is 24.3 Å². The fourth-order valence-electron chi connectivity index (χ4n) is 0.588. The molecule has 0 heterocycles. The first-order chi connectivity index (χ1) is 8.98. The number of nitroso groups, excluding NO2 is 1. The van der Waals surface area contributed by atoms with E-state index in [1.807, 2.05) is 0 Å². The lowest BCUT2D eigenvalue weighted by atomic mass is 10.4. The number of carbonyl (C=O) groups excluding carboxylic acids is 2. The van der Waals surface area contributed by atoms with Crippen LogP contribution in [0.3, 0.4) is 0 Å². The zero-order valence-electron chi connectivity index (χ0n) is 10.6. The molecule has 0 aliphatic carbocycles. The summed E-state index contributed by atoms with van der Waals surface area (Å²) in [6.07, 6.45) is 0. The second-order valence-corrected chi connectivity index (χ2v) is 3.22. The van der Waals surface area contributed by atoms with Crippen LogP contribution in [0.4, 0.5) is 0 Å². The molecule has 19 heavy (non-hydrogen) atoms. The third-order valence-corrected chi connectivity index (χ3v) is 1.91. The highest BCUT2D eigenvalue weighted by atomic mass is 79.9. The number of oxime groups is 1. The summed E-state index contributed by atoms with van der Waals surface area (Å²) in [7, 11) is 0. The zero-order valence-corrected chi connectivity index (χ0v) is 12.2. The number of esters is 2. The van der Waals surface area contributed by atoms with E-state index >= 15 is 0 Å². The van der Waals surface area contributed by atoms with E-state index in [1.165, 1.54) is 0 Å². The maximum Gasteiger partial charge on any atom is 0.359 e. The van der Waals surface area contributed by atoms with Gasteiger partial charge in [-0.25, -0.2) is 9.59 Å². The lowest BCUT2D eigenvalue weighted by Crippen LogP contribution is -2.18. The van der Waals surface area contributed by atoms with E-state index in [-0.39, 0.29) is 24.3 Å². The number of alkyl halides is 1. The number of hydrogen-bond donors (Lipinski definition) is 1. The SMILES string of the molecule is C=C(N=O)C(=O)OCC.CCOC(=O)C(CBr)=NO. The number of rotatable bonds is 6. The molecule has 0 aliphatic heterocycles. The summed E-state index contributed by atoms with van der Waals surface area (Å²) in [6.45, 7) is 6.87. The Morgan fingerprint density at radius 2 is 1.68 bits per heavy atom. The molecule has 0 aromatic carbocycles. The molecule has 0 aromatic heterocycles. The van der Waals surface area contributed by atoms with Crippen LogP contribution in [-0.4, -0.2) is 41.4 Å². The van der Waals surface area contributed by atoms with E-state index < -0.39 is 17.6 Å². The molecule has 0 atom stereocenters. The Labute approximate surface area is 118 Å². The summed E-state index contributed by atoms with van der Waals surface area (Å²) in [5.74, 6) is -1.35. The molecule has 0 saturated heterocycles. The molecule has 0 aromatic rings. The van der Waals surface area contributed by atoms with E-state index in [2.05, 4.69) is 42.3 Å². The van der Waals surface area contributed by atoms with Crippen molar-refractivity contribution in [2.24, 2.45) is 10.3 Å². The second kappa shape index (κ2) is 12.7. The van der Waals surface area contributed by atoms with Crippen molar-refractivity contribution >= 4 is 33.6 Å². The Balaban J connectivity index is 0. The topological polar surface area (TPSA) is 115 Å². The molecule has 0 unspecified atom stereocenters. The standard InChI is InChI=1S/C5H8BrNO3.C5H7NO3/c1-2-10-5(8)4(3-6)7-9;1-3-9-5(7)4(2)6-8/h9H,2-3H2,1H3;2-3H2,1H3. The lowest BCUT2D eigenvalue weighted by Gasteiger charge is -1.98. The van der Waals surface area contributed by atoms with Gasteiger partial charge in [0.05, 0.1) is 18.5 Å². The van der Waals surface area contributed by atoms with E-state index in [0.29, 0.717) is 0 Å². The molecule has 0 saturated carbocycles. The van der Waals surface area contributed by atoms with Gasteiger partial charge in [-0.2, -0.15) is 0 Å². The van der Waals surface area contributed by atoms with Crippen molar-refractivity contribution in [1.82, 2.24) is 0 Å². The maximum atomic E-state index is 10.7. The quantitative estimate of drug-likeness (QED) is 0.149. The minimum atomic E-state index is -0.757. The molecule has 1 N–H and O–H groups in total. The van der Waals surface area contributed by atoms with Gasteiger partial charge in [0.1, 0.15) is 0 Å². The summed E-state index contributed by atoms with van der Waals surface area (Å²) in [6, 6.07) is 0. The normalized spacial score (nSPS) is 9.74.